The van der Waals surface area contributed by atoms with Crippen molar-refractivity contribution in [3.63, 3.8) is 0 Å². The molecule has 16 heavy (non-hydrogen) atoms. The van der Waals surface area contributed by atoms with E-state index >= 15 is 0 Å². The van der Waals surface area contributed by atoms with Gasteiger partial charge >= 0.3 is 0 Å². The van der Waals surface area contributed by atoms with Crippen molar-refractivity contribution < 1.29 is 8.78 Å². The van der Waals surface area contributed by atoms with Gasteiger partial charge in [0, 0.05) is 25.7 Å². The molecule has 4 heteroatoms. The van der Waals surface area contributed by atoms with E-state index in [1.807, 2.05) is 6.92 Å². The second kappa shape index (κ2) is 5.80. The number of hydrogen-bond donors (Lipinski definition) is 1. The average molecular weight is 228 g/mol. The van der Waals surface area contributed by atoms with Crippen LogP contribution in [0.4, 0.5) is 14.5 Å². The van der Waals surface area contributed by atoms with Gasteiger partial charge in [-0.3, -0.25) is 0 Å². The summed E-state index contributed by atoms with van der Waals surface area (Å²) in [5.74, 6) is -0.819. The lowest BCUT2D eigenvalue weighted by molar-refractivity contribution is 0.587. The van der Waals surface area contributed by atoms with Gasteiger partial charge in [-0.05, 0) is 31.9 Å². The lowest BCUT2D eigenvalue weighted by atomic mass is 10.2. The number of nitrogens with zero attached hydrogens (tertiary/aromatic N) is 1. The van der Waals surface area contributed by atoms with E-state index in [-0.39, 0.29) is 6.04 Å². The van der Waals surface area contributed by atoms with Crippen LogP contribution < -0.4 is 10.6 Å². The van der Waals surface area contributed by atoms with Crippen molar-refractivity contribution in [3.05, 3.63) is 29.8 Å². The van der Waals surface area contributed by atoms with Crippen LogP contribution in [-0.4, -0.2) is 19.6 Å². The summed E-state index contributed by atoms with van der Waals surface area (Å²) in [4.78, 5) is 1.71. The monoisotopic (exact) mass is 228 g/mol. The van der Waals surface area contributed by atoms with Gasteiger partial charge in [0.1, 0.15) is 11.6 Å². The standard InChI is InChI=1S/C12H18F2N2/c1-9(15)4-3-7-16(2)12-8-10(13)5-6-11(12)14/h5-6,8-9H,3-4,7,15H2,1-2H3. The van der Waals surface area contributed by atoms with Gasteiger partial charge in [-0.2, -0.15) is 0 Å². The van der Waals surface area contributed by atoms with Gasteiger partial charge in [0.25, 0.3) is 0 Å². The summed E-state index contributed by atoms with van der Waals surface area (Å²) >= 11 is 0. The van der Waals surface area contributed by atoms with E-state index in [0.717, 1.165) is 25.0 Å². The van der Waals surface area contributed by atoms with Gasteiger partial charge in [-0.15, -0.1) is 0 Å². The van der Waals surface area contributed by atoms with E-state index in [1.165, 1.54) is 6.07 Å². The van der Waals surface area contributed by atoms with Gasteiger partial charge in [0.2, 0.25) is 0 Å². The Balaban J connectivity index is 2.58. The highest BCUT2D eigenvalue weighted by molar-refractivity contribution is 5.47. The maximum absolute atomic E-state index is 13.4. The van der Waals surface area contributed by atoms with Crippen molar-refractivity contribution in [1.82, 2.24) is 0 Å². The molecular formula is C12H18F2N2. The van der Waals surface area contributed by atoms with E-state index in [2.05, 4.69) is 0 Å². The molecule has 0 bridgehead atoms. The van der Waals surface area contributed by atoms with Crippen LogP contribution in [0.25, 0.3) is 0 Å². The lowest BCUT2D eigenvalue weighted by Crippen LogP contribution is -2.22. The van der Waals surface area contributed by atoms with Crippen LogP contribution >= 0.6 is 0 Å². The first kappa shape index (κ1) is 12.9. The molecule has 1 aromatic rings. The Hall–Kier alpha value is -1.16. The molecule has 90 valence electrons. The molecule has 2 nitrogen and oxygen atoms in total. The number of rotatable bonds is 5. The molecule has 0 radical (unpaired) electrons. The van der Waals surface area contributed by atoms with Crippen LogP contribution in [-0.2, 0) is 0 Å². The molecule has 1 aromatic carbocycles. The van der Waals surface area contributed by atoms with E-state index in [9.17, 15) is 8.78 Å². The third kappa shape index (κ3) is 3.77. The summed E-state index contributed by atoms with van der Waals surface area (Å²) in [6.45, 7) is 2.60. The second-order valence-corrected chi connectivity index (χ2v) is 4.14. The number of hydrogen-bond acceptors (Lipinski definition) is 2. The van der Waals surface area contributed by atoms with Crippen molar-refractivity contribution >= 4 is 5.69 Å². The van der Waals surface area contributed by atoms with E-state index in [4.69, 9.17) is 5.73 Å². The molecule has 1 unspecified atom stereocenters. The molecule has 0 heterocycles. The lowest BCUT2D eigenvalue weighted by Gasteiger charge is -2.20. The smallest absolute Gasteiger partial charge is 0.146 e. The van der Waals surface area contributed by atoms with Crippen LogP contribution in [0.1, 0.15) is 19.8 Å². The highest BCUT2D eigenvalue weighted by Crippen LogP contribution is 2.19. The van der Waals surface area contributed by atoms with Crippen molar-refractivity contribution in [3.8, 4) is 0 Å². The van der Waals surface area contributed by atoms with Crippen LogP contribution in [0, 0.1) is 11.6 Å². The molecule has 0 aliphatic rings. The summed E-state index contributed by atoms with van der Waals surface area (Å²) < 4.78 is 26.3. The van der Waals surface area contributed by atoms with Crippen LogP contribution in [0.2, 0.25) is 0 Å². The molecule has 1 atom stereocenters. The summed E-state index contributed by atoms with van der Waals surface area (Å²) in [5, 5.41) is 0. The summed E-state index contributed by atoms with van der Waals surface area (Å²) in [7, 11) is 1.75. The first-order valence-electron chi connectivity index (χ1n) is 5.42. The molecule has 0 aliphatic heterocycles. The molecule has 1 rings (SSSR count). The third-order valence-corrected chi connectivity index (χ3v) is 2.47. The molecule has 0 fully saturated rings. The minimum absolute atomic E-state index is 0.144. The van der Waals surface area contributed by atoms with Crippen molar-refractivity contribution in [1.29, 1.82) is 0 Å². The normalized spacial score (nSPS) is 12.6. The van der Waals surface area contributed by atoms with Crippen LogP contribution in [0.5, 0.6) is 0 Å². The maximum atomic E-state index is 13.4. The summed E-state index contributed by atoms with van der Waals surface area (Å²) in [6.07, 6.45) is 1.74. The molecule has 0 aromatic heterocycles. The number of anilines is 1. The zero-order chi connectivity index (χ0) is 12.1. The predicted molar refractivity (Wildman–Crippen MR) is 62.5 cm³/mol. The van der Waals surface area contributed by atoms with E-state index in [1.54, 1.807) is 11.9 Å². The number of nitrogens with two attached hydrogens (primary N) is 1. The molecule has 0 amide bonds. The minimum atomic E-state index is -0.421. The Labute approximate surface area is 95.1 Å². The van der Waals surface area contributed by atoms with Gasteiger partial charge < -0.3 is 10.6 Å². The Morgan fingerprint density at radius 3 is 2.69 bits per heavy atom. The molecule has 0 spiro atoms. The van der Waals surface area contributed by atoms with Crippen LogP contribution in [0.3, 0.4) is 0 Å². The molecule has 0 aliphatic carbocycles. The highest BCUT2D eigenvalue weighted by atomic mass is 19.1. The number of benzene rings is 1. The molecule has 0 saturated carbocycles. The van der Waals surface area contributed by atoms with Gasteiger partial charge in [0.15, 0.2) is 0 Å². The van der Waals surface area contributed by atoms with Crippen molar-refractivity contribution in [2.45, 2.75) is 25.8 Å². The van der Waals surface area contributed by atoms with Crippen LogP contribution in [0.15, 0.2) is 18.2 Å². The van der Waals surface area contributed by atoms with Crippen molar-refractivity contribution in [2.75, 3.05) is 18.5 Å². The Morgan fingerprint density at radius 2 is 2.06 bits per heavy atom. The zero-order valence-electron chi connectivity index (χ0n) is 9.71. The first-order chi connectivity index (χ1) is 7.50. The second-order valence-electron chi connectivity index (χ2n) is 4.14. The minimum Gasteiger partial charge on any atom is -0.372 e. The Bertz CT molecular complexity index is 340. The quantitative estimate of drug-likeness (QED) is 0.839. The molecule has 0 saturated heterocycles. The van der Waals surface area contributed by atoms with Gasteiger partial charge in [-0.1, -0.05) is 0 Å². The highest BCUT2D eigenvalue weighted by Gasteiger charge is 2.08. The van der Waals surface area contributed by atoms with E-state index < -0.39 is 11.6 Å². The Kier molecular flexibility index (Phi) is 4.68. The fraction of sp³-hybridized carbons (Fsp3) is 0.500. The fourth-order valence-electron chi connectivity index (χ4n) is 1.55. The van der Waals surface area contributed by atoms with Crippen molar-refractivity contribution in [2.24, 2.45) is 5.73 Å². The summed E-state index contributed by atoms with van der Waals surface area (Å²) in [6, 6.07) is 3.62. The summed E-state index contributed by atoms with van der Waals surface area (Å²) in [5.41, 5.74) is 5.91. The number of halogens is 2. The molecular weight excluding hydrogens is 210 g/mol. The first-order valence-corrected chi connectivity index (χ1v) is 5.42. The largest absolute Gasteiger partial charge is 0.372 e. The average Bonchev–Trinajstić information content (AvgIpc) is 2.21. The van der Waals surface area contributed by atoms with Gasteiger partial charge in [-0.25, -0.2) is 8.78 Å². The van der Waals surface area contributed by atoms with E-state index in [0.29, 0.717) is 12.2 Å². The maximum Gasteiger partial charge on any atom is 0.146 e. The zero-order valence-corrected chi connectivity index (χ0v) is 9.71. The van der Waals surface area contributed by atoms with Gasteiger partial charge in [0.05, 0.1) is 5.69 Å². The fourth-order valence-corrected chi connectivity index (χ4v) is 1.55. The third-order valence-electron chi connectivity index (χ3n) is 2.47. The Morgan fingerprint density at radius 1 is 1.38 bits per heavy atom. The topological polar surface area (TPSA) is 29.3 Å². The SMILES string of the molecule is CC(N)CCCN(C)c1cc(F)ccc1F. The predicted octanol–water partition coefficient (Wildman–Crippen LogP) is 2.53. The molecule has 2 N–H and O–H groups in total.